The number of aromatic nitrogens is 2. The number of carbonyl (C=O) groups is 2. The molecular weight excluding hydrogens is 374 g/mol. The van der Waals surface area contributed by atoms with Crippen molar-refractivity contribution in [1.29, 1.82) is 0 Å². The van der Waals surface area contributed by atoms with E-state index >= 15 is 0 Å². The highest BCUT2D eigenvalue weighted by atomic mass is 16.5. The Kier molecular flexibility index (Phi) is 5.92. The second-order valence-corrected chi connectivity index (χ2v) is 6.52. The Bertz CT molecular complexity index is 1120. The molecule has 8 nitrogen and oxygen atoms in total. The average Bonchev–Trinajstić information content (AvgIpc) is 2.70. The summed E-state index contributed by atoms with van der Waals surface area (Å²) in [6.45, 7) is 2.99. The number of anilines is 1. The molecule has 0 aliphatic carbocycles. The number of ether oxygens (including phenoxy) is 2. The van der Waals surface area contributed by atoms with Crippen molar-refractivity contribution in [3.8, 4) is 5.75 Å². The van der Waals surface area contributed by atoms with Crippen molar-refractivity contribution in [2.75, 3.05) is 12.4 Å². The molecule has 0 radical (unpaired) electrons. The number of aryl methyl sites for hydroxylation is 1. The largest absolute Gasteiger partial charge is 0.495 e. The Morgan fingerprint density at radius 1 is 1.21 bits per heavy atom. The van der Waals surface area contributed by atoms with Crippen LogP contribution in [0.5, 0.6) is 5.75 Å². The summed E-state index contributed by atoms with van der Waals surface area (Å²) in [5, 5.41) is 3.09. The first-order valence-electron chi connectivity index (χ1n) is 8.98. The van der Waals surface area contributed by atoms with E-state index in [2.05, 4.69) is 10.3 Å². The maximum absolute atomic E-state index is 12.4. The van der Waals surface area contributed by atoms with Gasteiger partial charge in [-0.1, -0.05) is 18.2 Å². The predicted octanol–water partition coefficient (Wildman–Crippen LogP) is 2.28. The zero-order valence-electron chi connectivity index (χ0n) is 16.3. The van der Waals surface area contributed by atoms with Crippen molar-refractivity contribution in [3.63, 3.8) is 0 Å². The molecule has 1 atom stereocenters. The summed E-state index contributed by atoms with van der Waals surface area (Å²) in [6, 6.07) is 12.2. The third-order valence-corrected chi connectivity index (χ3v) is 4.32. The van der Waals surface area contributed by atoms with Crippen molar-refractivity contribution < 1.29 is 19.1 Å². The van der Waals surface area contributed by atoms with Gasteiger partial charge in [0.2, 0.25) is 0 Å². The fourth-order valence-electron chi connectivity index (χ4n) is 2.80. The number of rotatable bonds is 6. The van der Waals surface area contributed by atoms with Gasteiger partial charge in [-0.3, -0.25) is 19.0 Å². The number of amides is 1. The summed E-state index contributed by atoms with van der Waals surface area (Å²) in [7, 11) is 1.50. The first-order chi connectivity index (χ1) is 13.9. The van der Waals surface area contributed by atoms with Crippen molar-refractivity contribution >= 4 is 28.5 Å². The van der Waals surface area contributed by atoms with Crippen molar-refractivity contribution in [2.24, 2.45) is 0 Å². The highest BCUT2D eigenvalue weighted by Crippen LogP contribution is 2.25. The van der Waals surface area contributed by atoms with Crippen LogP contribution < -0.4 is 15.6 Å². The van der Waals surface area contributed by atoms with Gasteiger partial charge in [0.1, 0.15) is 12.3 Å². The van der Waals surface area contributed by atoms with Gasteiger partial charge in [-0.2, -0.15) is 0 Å². The topological polar surface area (TPSA) is 99.5 Å². The van der Waals surface area contributed by atoms with Gasteiger partial charge in [0.05, 0.1) is 30.0 Å². The molecule has 0 spiro atoms. The minimum atomic E-state index is -1.06. The number of nitrogens with zero attached hydrogens (tertiary/aromatic N) is 2. The van der Waals surface area contributed by atoms with Crippen LogP contribution in [-0.2, 0) is 20.9 Å². The Morgan fingerprint density at radius 3 is 2.72 bits per heavy atom. The molecule has 8 heteroatoms. The molecule has 0 fully saturated rings. The van der Waals surface area contributed by atoms with Crippen molar-refractivity contribution in [3.05, 3.63) is 64.7 Å². The molecule has 0 aliphatic heterocycles. The first-order valence-corrected chi connectivity index (χ1v) is 8.98. The normalized spacial score (nSPS) is 11.7. The highest BCUT2D eigenvalue weighted by molar-refractivity contribution is 5.96. The van der Waals surface area contributed by atoms with Crippen LogP contribution in [0, 0.1) is 6.92 Å². The van der Waals surface area contributed by atoms with Crippen LogP contribution in [0.4, 0.5) is 5.69 Å². The molecule has 1 N–H and O–H groups in total. The van der Waals surface area contributed by atoms with Crippen LogP contribution in [0.2, 0.25) is 0 Å². The minimum absolute atomic E-state index is 0.345. The summed E-state index contributed by atoms with van der Waals surface area (Å²) in [6.07, 6.45) is 0.228. The van der Waals surface area contributed by atoms with E-state index in [1.807, 2.05) is 13.0 Å². The fraction of sp³-hybridized carbons (Fsp3) is 0.238. The Balaban J connectivity index is 1.66. The second-order valence-electron chi connectivity index (χ2n) is 6.52. The number of carbonyl (C=O) groups excluding carboxylic acids is 2. The Labute approximate surface area is 167 Å². The van der Waals surface area contributed by atoms with E-state index in [9.17, 15) is 14.4 Å². The molecule has 0 saturated heterocycles. The molecule has 1 aromatic heterocycles. The minimum Gasteiger partial charge on any atom is -0.495 e. The number of hydrogen-bond acceptors (Lipinski definition) is 6. The lowest BCUT2D eigenvalue weighted by atomic mass is 10.2. The lowest BCUT2D eigenvalue weighted by Crippen LogP contribution is -2.33. The number of hydrogen-bond donors (Lipinski definition) is 1. The Hall–Kier alpha value is -3.68. The zero-order chi connectivity index (χ0) is 21.0. The van der Waals surface area contributed by atoms with E-state index in [0.717, 1.165) is 10.1 Å². The van der Waals surface area contributed by atoms with Gasteiger partial charge in [-0.05, 0) is 43.7 Å². The standard InChI is InChI=1S/C21H21N3O5/c1-13-8-9-18(28-3)17(10-13)23-20(26)14(2)29-19(25)11-24-12-22-16-7-5-4-6-15(16)21(24)27/h4-10,12,14H,11H2,1-3H3,(H,23,26). The van der Waals surface area contributed by atoms with E-state index in [4.69, 9.17) is 9.47 Å². The molecule has 1 amide bonds. The predicted molar refractivity (Wildman–Crippen MR) is 108 cm³/mol. The lowest BCUT2D eigenvalue weighted by Gasteiger charge is -2.16. The summed E-state index contributed by atoms with van der Waals surface area (Å²) in [5.74, 6) is -0.731. The van der Waals surface area contributed by atoms with E-state index in [-0.39, 0.29) is 12.1 Å². The smallest absolute Gasteiger partial charge is 0.326 e. The van der Waals surface area contributed by atoms with E-state index < -0.39 is 18.0 Å². The molecule has 3 rings (SSSR count). The Morgan fingerprint density at radius 2 is 1.97 bits per heavy atom. The molecule has 3 aromatic rings. The quantitative estimate of drug-likeness (QED) is 0.643. The third kappa shape index (κ3) is 4.60. The van der Waals surface area contributed by atoms with E-state index in [1.165, 1.54) is 20.4 Å². The van der Waals surface area contributed by atoms with Crippen molar-refractivity contribution in [1.82, 2.24) is 9.55 Å². The number of methoxy groups -OCH3 is 1. The molecule has 1 heterocycles. The van der Waals surface area contributed by atoms with Crippen LogP contribution in [0.3, 0.4) is 0 Å². The molecular formula is C21H21N3O5. The van der Waals surface area contributed by atoms with Crippen LogP contribution in [-0.4, -0.2) is 34.6 Å². The third-order valence-electron chi connectivity index (χ3n) is 4.32. The molecule has 29 heavy (non-hydrogen) atoms. The number of fused-ring (bicyclic) bond motifs is 1. The number of benzene rings is 2. The van der Waals surface area contributed by atoms with Gasteiger partial charge in [0.15, 0.2) is 6.10 Å². The molecule has 2 aromatic carbocycles. The van der Waals surface area contributed by atoms with Gasteiger partial charge >= 0.3 is 5.97 Å². The number of nitrogens with one attached hydrogen (secondary N) is 1. The van der Waals surface area contributed by atoms with Crippen LogP contribution >= 0.6 is 0 Å². The molecule has 1 unspecified atom stereocenters. The summed E-state index contributed by atoms with van der Waals surface area (Å²) in [5.41, 5.74) is 1.61. The monoisotopic (exact) mass is 395 g/mol. The molecule has 0 saturated carbocycles. The number of esters is 1. The number of para-hydroxylation sites is 1. The average molecular weight is 395 g/mol. The lowest BCUT2D eigenvalue weighted by molar-refractivity contribution is -0.153. The molecule has 0 aliphatic rings. The fourth-order valence-corrected chi connectivity index (χ4v) is 2.80. The highest BCUT2D eigenvalue weighted by Gasteiger charge is 2.20. The molecule has 150 valence electrons. The van der Waals surface area contributed by atoms with Gasteiger partial charge in [-0.25, -0.2) is 4.98 Å². The molecule has 0 bridgehead atoms. The van der Waals surface area contributed by atoms with Gasteiger partial charge in [-0.15, -0.1) is 0 Å². The summed E-state index contributed by atoms with van der Waals surface area (Å²) in [4.78, 5) is 41.2. The zero-order valence-corrected chi connectivity index (χ0v) is 16.3. The van der Waals surface area contributed by atoms with Crippen LogP contribution in [0.1, 0.15) is 12.5 Å². The van der Waals surface area contributed by atoms with E-state index in [1.54, 1.807) is 36.4 Å². The van der Waals surface area contributed by atoms with E-state index in [0.29, 0.717) is 22.3 Å². The van der Waals surface area contributed by atoms with Gasteiger partial charge in [0, 0.05) is 0 Å². The summed E-state index contributed by atoms with van der Waals surface area (Å²) < 4.78 is 11.6. The van der Waals surface area contributed by atoms with Crippen LogP contribution in [0.15, 0.2) is 53.6 Å². The second kappa shape index (κ2) is 8.55. The van der Waals surface area contributed by atoms with Gasteiger partial charge < -0.3 is 14.8 Å². The maximum atomic E-state index is 12.4. The SMILES string of the molecule is COc1ccc(C)cc1NC(=O)C(C)OC(=O)Cn1cnc2ccccc2c1=O. The summed E-state index contributed by atoms with van der Waals surface area (Å²) >= 11 is 0. The first kappa shape index (κ1) is 20.1. The van der Waals surface area contributed by atoms with Crippen LogP contribution in [0.25, 0.3) is 10.9 Å². The van der Waals surface area contributed by atoms with Crippen molar-refractivity contribution in [2.45, 2.75) is 26.5 Å². The maximum Gasteiger partial charge on any atom is 0.326 e. The van der Waals surface area contributed by atoms with Gasteiger partial charge in [0.25, 0.3) is 11.5 Å².